The lowest BCUT2D eigenvalue weighted by Crippen LogP contribution is -2.61. The Kier molecular flexibility index (Phi) is 35.6. The van der Waals surface area contributed by atoms with Crippen molar-refractivity contribution < 1.29 is 81.8 Å². The molecule has 2 aromatic heterocycles. The van der Waals surface area contributed by atoms with Crippen LogP contribution in [0.3, 0.4) is 0 Å². The van der Waals surface area contributed by atoms with E-state index in [-0.39, 0.29) is 115 Å². The molecule has 3 saturated heterocycles. The van der Waals surface area contributed by atoms with Crippen LogP contribution in [0, 0.1) is 0 Å². The zero-order chi connectivity index (χ0) is 85.7. The number of carboxylic acid groups (broad SMARTS) is 1. The largest absolute Gasteiger partial charge is 0.497 e. The number of nitrogens with zero attached hydrogens (tertiary/aromatic N) is 5. The number of aliphatic carboxylic acids is 1. The first kappa shape index (κ1) is 92.3. The molecular weight excluding hydrogens is 1550 g/mol. The molecule has 3 fully saturated rings. The average Bonchev–Trinajstić information content (AvgIpc) is 1.65. The van der Waals surface area contributed by atoms with E-state index in [0.717, 1.165) is 26.5 Å². The number of H-pyrrole nitrogens is 2. The second-order valence-corrected chi connectivity index (χ2v) is 30.9. The quantitative estimate of drug-likeness (QED) is 0.0364. The molecule has 38 heteroatoms. The van der Waals surface area contributed by atoms with Gasteiger partial charge in [-0.1, -0.05) is 68.3 Å². The number of hydrogen-bond donors (Lipinski definition) is 16. The lowest BCUT2D eigenvalue weighted by atomic mass is 10.0. The van der Waals surface area contributed by atoms with Crippen molar-refractivity contribution in [3.8, 4) is 5.75 Å². The standard InChI is InChI=1S/C80H114N20O17S/c1-6-7-20-63-74(110)91-55(19-12-31-81)70(106)85-34-37-118-46-67(102)89-60(38-47-23-25-50(117-5)26-24-47)77(113)96(2)44-66(101)88-58(30-33-83)80(116)100-36-14-22-65(100)76(112)95-62(41-84)73(109)92-57(27-28-69(104)105)79(115)99-35-13-21-64(99)75(111)93-59(39-48-42-86-53-17-10-8-15-51(48)53)72(108)90-56(29-32-82)71(107)94-61(78(114)97(3)45-68(103)98(63)4)40-49-43-87-54-18-11-9-16-52(49)54/h8-11,15-18,23-26,42-43,55-65,86-87H,6-7,12-14,19-22,27-41,44-46,81-84H2,1-5H3,(H,85,106)(H,88,101)(H,89,102)(H,90,108)(H,91,110)(H,92,109)(H,93,111)(H,94,107)(H,95,112)(H,104,105)/t55-,56-,57-,58-,59-,60-,61-,62-,63-,64?,65?/m0/s1. The van der Waals surface area contributed by atoms with Gasteiger partial charge in [-0.3, -0.25) is 71.9 Å². The maximum absolute atomic E-state index is 15.1. The highest BCUT2D eigenvalue weighted by molar-refractivity contribution is 7.99. The fourth-order valence-corrected chi connectivity index (χ4v) is 15.4. The molecule has 0 aliphatic carbocycles. The summed E-state index contributed by atoms with van der Waals surface area (Å²) >= 11 is 1.12. The number of amides is 14. The molecule has 0 spiro atoms. The Morgan fingerprint density at radius 3 is 1.56 bits per heavy atom. The van der Waals surface area contributed by atoms with E-state index in [4.69, 9.17) is 27.7 Å². The Morgan fingerprint density at radius 1 is 0.500 bits per heavy atom. The Hall–Kier alpha value is -11.2. The molecule has 14 amide bonds. The van der Waals surface area contributed by atoms with E-state index in [9.17, 15) is 62.6 Å². The van der Waals surface area contributed by atoms with Crippen molar-refractivity contribution in [2.24, 2.45) is 22.9 Å². The van der Waals surface area contributed by atoms with E-state index in [1.54, 1.807) is 67.0 Å². The summed E-state index contributed by atoms with van der Waals surface area (Å²) in [6.45, 7) is -0.0717. The molecule has 5 heterocycles. The number of ether oxygens (including phenoxy) is 1. The molecule has 11 atom stereocenters. The summed E-state index contributed by atoms with van der Waals surface area (Å²) in [7, 11) is 5.57. The molecular formula is C80H114N20O17S. The SMILES string of the molecule is CCCC[C@H]1C(=O)N[C@@H](CCCN)C(=O)NCCSCC(=O)N[C@@H](Cc2ccc(OC)cc2)C(=O)N(C)CC(=O)N[C@@H](CCN)C(=O)N2CCCC2C(=O)N[C@@H](CN)C(=O)N[C@@H](CCC(=O)O)C(=O)N2CCCC2C(=O)N[C@@H](Cc2c[nH]c3ccccc23)C(=O)N[C@@H](CCN)C(=O)N[C@@H](Cc2c[nH]c3ccccc23)C(=O)N(C)CC(=O)N1C. The number of fused-ring (bicyclic) bond motifs is 4. The Labute approximate surface area is 688 Å². The van der Waals surface area contributed by atoms with Crippen LogP contribution in [0.15, 0.2) is 85.2 Å². The van der Waals surface area contributed by atoms with Crippen molar-refractivity contribution in [3.05, 3.63) is 102 Å². The van der Waals surface area contributed by atoms with E-state index in [2.05, 4.69) is 57.8 Å². The number of carboxylic acids is 1. The van der Waals surface area contributed by atoms with E-state index in [1.165, 1.54) is 38.1 Å². The Bertz CT molecular complexity index is 4350. The number of carbonyl (C=O) groups excluding carboxylic acids is 14. The Balaban J connectivity index is 1.10. The predicted octanol–water partition coefficient (Wildman–Crippen LogP) is -2.40. The van der Waals surface area contributed by atoms with Crippen LogP contribution < -0.4 is 75.5 Å². The molecule has 3 aliphatic rings. The van der Waals surface area contributed by atoms with Crippen molar-refractivity contribution in [3.63, 3.8) is 0 Å². The molecule has 3 aromatic carbocycles. The van der Waals surface area contributed by atoms with Gasteiger partial charge in [0.05, 0.1) is 26.0 Å². The van der Waals surface area contributed by atoms with Crippen molar-refractivity contribution in [2.45, 2.75) is 176 Å². The highest BCUT2D eigenvalue weighted by Gasteiger charge is 2.44. The van der Waals surface area contributed by atoms with Gasteiger partial charge in [0, 0.05) is 113 Å². The fraction of sp³-hybridized carbons (Fsp3) is 0.537. The molecule has 0 saturated carbocycles. The van der Waals surface area contributed by atoms with Gasteiger partial charge in [-0.2, -0.15) is 11.8 Å². The van der Waals surface area contributed by atoms with Crippen molar-refractivity contribution in [1.82, 2.24) is 82.3 Å². The van der Waals surface area contributed by atoms with Crippen LogP contribution in [0.2, 0.25) is 0 Å². The number of nitrogens with one attached hydrogen (secondary N) is 11. The van der Waals surface area contributed by atoms with Gasteiger partial charge in [0.15, 0.2) is 0 Å². The first-order valence-corrected chi connectivity index (χ1v) is 41.2. The van der Waals surface area contributed by atoms with Crippen LogP contribution in [-0.4, -0.2) is 293 Å². The van der Waals surface area contributed by atoms with Gasteiger partial charge in [0.1, 0.15) is 72.2 Å². The summed E-state index contributed by atoms with van der Waals surface area (Å²) < 4.78 is 5.32. The normalized spacial score (nSPS) is 24.2. The van der Waals surface area contributed by atoms with E-state index in [1.807, 2.05) is 25.1 Å². The molecule has 8 rings (SSSR count). The number of unbranched alkanes of at least 4 members (excludes halogenated alkanes) is 1. The van der Waals surface area contributed by atoms with Crippen LogP contribution in [0.1, 0.15) is 107 Å². The summed E-state index contributed by atoms with van der Waals surface area (Å²) in [5.74, 6) is -11.7. The van der Waals surface area contributed by atoms with E-state index in [0.29, 0.717) is 69.9 Å². The highest BCUT2D eigenvalue weighted by Crippen LogP contribution is 2.26. The highest BCUT2D eigenvalue weighted by atomic mass is 32.2. The fourth-order valence-electron chi connectivity index (χ4n) is 14.8. The molecule has 0 bridgehead atoms. The summed E-state index contributed by atoms with van der Waals surface area (Å²) in [5, 5.41) is 35.9. The van der Waals surface area contributed by atoms with Crippen LogP contribution in [0.5, 0.6) is 5.75 Å². The molecule has 118 heavy (non-hydrogen) atoms. The number of methoxy groups -OCH3 is 1. The summed E-state index contributed by atoms with van der Waals surface area (Å²) in [5.41, 5.74) is 27.4. The molecule has 20 N–H and O–H groups in total. The van der Waals surface area contributed by atoms with E-state index >= 15 is 14.4 Å². The van der Waals surface area contributed by atoms with Crippen LogP contribution in [0.4, 0.5) is 0 Å². The maximum Gasteiger partial charge on any atom is 0.303 e. The molecule has 642 valence electrons. The van der Waals surface area contributed by atoms with Crippen LogP contribution in [0.25, 0.3) is 21.8 Å². The first-order valence-electron chi connectivity index (χ1n) is 40.0. The molecule has 0 radical (unpaired) electrons. The zero-order valence-electron chi connectivity index (χ0n) is 67.5. The number of para-hydroxylation sites is 2. The molecule has 3 aliphatic heterocycles. The van der Waals surface area contributed by atoms with Crippen molar-refractivity contribution in [2.75, 3.05) is 98.7 Å². The summed E-state index contributed by atoms with van der Waals surface area (Å²) in [4.78, 5) is 228. The number of rotatable bonds is 21. The number of aromatic nitrogens is 2. The van der Waals surface area contributed by atoms with Gasteiger partial charge in [-0.15, -0.1) is 0 Å². The second-order valence-electron chi connectivity index (χ2n) is 29.8. The number of likely N-dealkylation sites (N-methyl/N-ethyl adjacent to an activating group) is 3. The zero-order valence-corrected chi connectivity index (χ0v) is 68.3. The topological polar surface area (TPSA) is 546 Å². The lowest BCUT2D eigenvalue weighted by Gasteiger charge is -2.32. The van der Waals surface area contributed by atoms with Gasteiger partial charge in [-0.25, -0.2) is 0 Å². The predicted molar refractivity (Wildman–Crippen MR) is 439 cm³/mol. The van der Waals surface area contributed by atoms with Gasteiger partial charge < -0.3 is 115 Å². The minimum atomic E-state index is -1.64. The monoisotopic (exact) mass is 1660 g/mol. The van der Waals surface area contributed by atoms with Crippen molar-refractivity contribution >= 4 is 122 Å². The third-order valence-electron chi connectivity index (χ3n) is 21.3. The second kappa shape index (κ2) is 45.5. The van der Waals surface area contributed by atoms with Gasteiger partial charge >= 0.3 is 5.97 Å². The number of carbonyl (C=O) groups is 15. The van der Waals surface area contributed by atoms with Crippen LogP contribution >= 0.6 is 11.8 Å². The smallest absolute Gasteiger partial charge is 0.303 e. The number of nitrogens with two attached hydrogens (primary N) is 4. The first-order chi connectivity index (χ1) is 56.6. The number of thioether (sulfide) groups is 1. The minimum absolute atomic E-state index is 0.0158. The van der Waals surface area contributed by atoms with Crippen LogP contribution in [-0.2, 0) is 91.2 Å². The summed E-state index contributed by atoms with van der Waals surface area (Å²) in [6, 6.07) is 6.07. The third kappa shape index (κ3) is 25.6. The number of hydrogen-bond acceptors (Lipinski definition) is 21. The minimum Gasteiger partial charge on any atom is -0.497 e. The van der Waals surface area contributed by atoms with Crippen molar-refractivity contribution in [1.29, 1.82) is 0 Å². The number of aromatic amines is 2. The van der Waals surface area contributed by atoms with Gasteiger partial charge in [0.2, 0.25) is 82.7 Å². The van der Waals surface area contributed by atoms with Gasteiger partial charge in [0.25, 0.3) is 0 Å². The average molecular weight is 1660 g/mol. The molecule has 5 aromatic rings. The summed E-state index contributed by atoms with van der Waals surface area (Å²) in [6.07, 6.45) is 3.73. The Morgan fingerprint density at radius 2 is 0.992 bits per heavy atom. The van der Waals surface area contributed by atoms with E-state index < -0.39 is 188 Å². The molecule has 37 nitrogen and oxygen atoms in total. The molecule has 2 unspecified atom stereocenters. The maximum atomic E-state index is 15.1. The number of benzene rings is 3. The van der Waals surface area contributed by atoms with Gasteiger partial charge in [-0.05, 0) is 125 Å². The third-order valence-corrected chi connectivity index (χ3v) is 22.2. The lowest BCUT2D eigenvalue weighted by molar-refractivity contribution is -0.145.